The number of nitrogens with one attached hydrogen (secondary N) is 2. The molecule has 9 heteroatoms. The molecule has 0 bridgehead atoms. The molecule has 0 fully saturated rings. The van der Waals surface area contributed by atoms with Gasteiger partial charge in [-0.2, -0.15) is 5.10 Å². The highest BCUT2D eigenvalue weighted by Gasteiger charge is 2.16. The molecule has 0 aromatic heterocycles. The summed E-state index contributed by atoms with van der Waals surface area (Å²) in [5.41, 5.74) is 4.52. The standard InChI is InChI=1S/C25H22ClN3O5/c1-15-11-12-18(14-21(15)26)27-23(30)24(31)29-28-16(2)20-9-4-5-10-22(20)34-25(32)17-7-6-8-19(13-17)33-3/h4-14H,1-3H3,(H,27,30)(H,29,31)/b28-16+. The average molecular weight is 480 g/mol. The Hall–Kier alpha value is -4.17. The molecule has 2 amide bonds. The predicted molar refractivity (Wildman–Crippen MR) is 130 cm³/mol. The van der Waals surface area contributed by atoms with Crippen LogP contribution in [0.5, 0.6) is 11.5 Å². The van der Waals surface area contributed by atoms with Crippen LogP contribution in [0.4, 0.5) is 5.69 Å². The van der Waals surface area contributed by atoms with Crippen LogP contribution in [0.3, 0.4) is 0 Å². The van der Waals surface area contributed by atoms with E-state index in [1.165, 1.54) is 7.11 Å². The number of benzene rings is 3. The minimum absolute atomic E-state index is 0.240. The molecule has 0 aliphatic rings. The first kappa shape index (κ1) is 24.5. The van der Waals surface area contributed by atoms with Crippen LogP contribution in [0.1, 0.15) is 28.4 Å². The van der Waals surface area contributed by atoms with Gasteiger partial charge in [-0.1, -0.05) is 35.9 Å². The van der Waals surface area contributed by atoms with Gasteiger partial charge in [-0.15, -0.1) is 0 Å². The van der Waals surface area contributed by atoms with E-state index in [0.29, 0.717) is 33.3 Å². The number of rotatable bonds is 6. The van der Waals surface area contributed by atoms with E-state index in [1.54, 1.807) is 73.7 Å². The summed E-state index contributed by atoms with van der Waals surface area (Å²) in [6.07, 6.45) is 0. The molecule has 174 valence electrons. The van der Waals surface area contributed by atoms with Crippen molar-refractivity contribution in [3.05, 3.63) is 88.4 Å². The lowest BCUT2D eigenvalue weighted by atomic mass is 10.1. The Kier molecular flexibility index (Phi) is 8.00. The van der Waals surface area contributed by atoms with Gasteiger partial charge < -0.3 is 14.8 Å². The van der Waals surface area contributed by atoms with E-state index in [0.717, 1.165) is 5.56 Å². The number of carbonyl (C=O) groups is 3. The van der Waals surface area contributed by atoms with Gasteiger partial charge in [0.2, 0.25) is 0 Å². The molecule has 0 saturated carbocycles. The van der Waals surface area contributed by atoms with Crippen LogP contribution in [0.15, 0.2) is 71.8 Å². The van der Waals surface area contributed by atoms with Gasteiger partial charge in [-0.3, -0.25) is 9.59 Å². The van der Waals surface area contributed by atoms with Crippen LogP contribution in [0.25, 0.3) is 0 Å². The molecule has 0 saturated heterocycles. The van der Waals surface area contributed by atoms with Crippen molar-refractivity contribution in [2.75, 3.05) is 12.4 Å². The minimum Gasteiger partial charge on any atom is -0.497 e. The fraction of sp³-hybridized carbons (Fsp3) is 0.120. The van der Waals surface area contributed by atoms with E-state index in [2.05, 4.69) is 15.8 Å². The van der Waals surface area contributed by atoms with Gasteiger partial charge >= 0.3 is 17.8 Å². The fourth-order valence-electron chi connectivity index (χ4n) is 2.87. The number of carbonyl (C=O) groups excluding carboxylic acids is 3. The largest absolute Gasteiger partial charge is 0.497 e. The molecule has 0 radical (unpaired) electrons. The first-order chi connectivity index (χ1) is 16.3. The third-order valence-corrected chi connectivity index (χ3v) is 5.15. The average Bonchev–Trinajstić information content (AvgIpc) is 2.84. The molecule has 0 heterocycles. The van der Waals surface area contributed by atoms with Gasteiger partial charge in [0.05, 0.1) is 18.4 Å². The smallest absolute Gasteiger partial charge is 0.343 e. The quantitative estimate of drug-likeness (QED) is 0.180. The van der Waals surface area contributed by atoms with Gasteiger partial charge in [0.1, 0.15) is 11.5 Å². The summed E-state index contributed by atoms with van der Waals surface area (Å²) in [6.45, 7) is 3.43. The van der Waals surface area contributed by atoms with E-state index in [1.807, 2.05) is 6.92 Å². The van der Waals surface area contributed by atoms with Crippen molar-refractivity contribution in [1.29, 1.82) is 0 Å². The van der Waals surface area contributed by atoms with E-state index in [4.69, 9.17) is 21.1 Å². The molecule has 0 aliphatic heterocycles. The minimum atomic E-state index is -0.970. The van der Waals surface area contributed by atoms with Gasteiger partial charge in [0.15, 0.2) is 0 Å². The number of amides is 2. The Morgan fingerprint density at radius 3 is 2.44 bits per heavy atom. The molecular weight excluding hydrogens is 458 g/mol. The number of hydrogen-bond donors (Lipinski definition) is 2. The molecule has 0 spiro atoms. The van der Waals surface area contributed by atoms with Crippen molar-refractivity contribution in [2.24, 2.45) is 5.10 Å². The van der Waals surface area contributed by atoms with E-state index in [-0.39, 0.29) is 5.75 Å². The third-order valence-electron chi connectivity index (χ3n) is 4.75. The topological polar surface area (TPSA) is 106 Å². The normalized spacial score (nSPS) is 10.9. The molecule has 3 aromatic carbocycles. The van der Waals surface area contributed by atoms with Crippen LogP contribution in [0.2, 0.25) is 5.02 Å². The maximum Gasteiger partial charge on any atom is 0.343 e. The number of nitrogens with zero attached hydrogens (tertiary/aromatic N) is 1. The van der Waals surface area contributed by atoms with Crippen LogP contribution in [-0.2, 0) is 9.59 Å². The Labute approximate surface area is 201 Å². The molecular formula is C25H22ClN3O5. The van der Waals surface area contributed by atoms with Crippen molar-refractivity contribution >= 4 is 40.8 Å². The second-order valence-corrected chi connectivity index (χ2v) is 7.58. The maximum absolute atomic E-state index is 12.6. The first-order valence-electron chi connectivity index (χ1n) is 10.2. The molecule has 8 nitrogen and oxygen atoms in total. The third kappa shape index (κ3) is 6.20. The molecule has 3 aromatic rings. The lowest BCUT2D eigenvalue weighted by Gasteiger charge is -2.11. The van der Waals surface area contributed by atoms with E-state index >= 15 is 0 Å². The number of methoxy groups -OCH3 is 1. The SMILES string of the molecule is COc1cccc(C(=O)Oc2ccccc2/C(C)=N/NC(=O)C(=O)Nc2ccc(C)c(Cl)c2)c1. The highest BCUT2D eigenvalue weighted by Crippen LogP contribution is 2.22. The van der Waals surface area contributed by atoms with Gasteiger partial charge in [0, 0.05) is 16.3 Å². The summed E-state index contributed by atoms with van der Waals surface area (Å²) in [5.74, 6) is -1.70. The fourth-order valence-corrected chi connectivity index (χ4v) is 3.05. The molecule has 0 unspecified atom stereocenters. The zero-order valence-corrected chi connectivity index (χ0v) is 19.5. The monoisotopic (exact) mass is 479 g/mol. The van der Waals surface area contributed by atoms with Crippen molar-refractivity contribution < 1.29 is 23.9 Å². The lowest BCUT2D eigenvalue weighted by molar-refractivity contribution is -0.136. The molecule has 3 rings (SSSR count). The lowest BCUT2D eigenvalue weighted by Crippen LogP contribution is -2.33. The van der Waals surface area contributed by atoms with Crippen molar-refractivity contribution in [3.63, 3.8) is 0 Å². The number of ether oxygens (including phenoxy) is 2. The van der Waals surface area contributed by atoms with E-state index < -0.39 is 17.8 Å². The summed E-state index contributed by atoms with van der Waals surface area (Å²) in [7, 11) is 1.50. The number of halogens is 1. The summed E-state index contributed by atoms with van der Waals surface area (Å²) < 4.78 is 10.7. The summed E-state index contributed by atoms with van der Waals surface area (Å²) >= 11 is 6.04. The van der Waals surface area contributed by atoms with Crippen molar-refractivity contribution in [2.45, 2.75) is 13.8 Å². The predicted octanol–water partition coefficient (Wildman–Crippen LogP) is 4.36. The Morgan fingerprint density at radius 2 is 1.71 bits per heavy atom. The summed E-state index contributed by atoms with van der Waals surface area (Å²) in [6, 6.07) is 18.2. The summed E-state index contributed by atoms with van der Waals surface area (Å²) in [5, 5.41) is 6.89. The number of hydrazone groups is 1. The Bertz CT molecular complexity index is 1270. The van der Waals surface area contributed by atoms with Crippen LogP contribution in [-0.4, -0.2) is 30.6 Å². The highest BCUT2D eigenvalue weighted by atomic mass is 35.5. The van der Waals surface area contributed by atoms with E-state index in [9.17, 15) is 14.4 Å². The molecule has 0 atom stereocenters. The number of anilines is 1. The highest BCUT2D eigenvalue weighted by molar-refractivity contribution is 6.40. The molecule has 34 heavy (non-hydrogen) atoms. The first-order valence-corrected chi connectivity index (χ1v) is 10.5. The van der Waals surface area contributed by atoms with Gasteiger partial charge in [-0.05, 0) is 61.9 Å². The molecule has 0 aliphatic carbocycles. The number of para-hydroxylation sites is 1. The van der Waals surface area contributed by atoms with Gasteiger partial charge in [-0.25, -0.2) is 10.2 Å². The number of hydrogen-bond acceptors (Lipinski definition) is 6. The molecule has 2 N–H and O–H groups in total. The second kappa shape index (κ2) is 11.1. The zero-order valence-electron chi connectivity index (χ0n) is 18.7. The van der Waals surface area contributed by atoms with Gasteiger partial charge in [0.25, 0.3) is 0 Å². The van der Waals surface area contributed by atoms with Crippen molar-refractivity contribution in [3.8, 4) is 11.5 Å². The maximum atomic E-state index is 12.6. The Balaban J connectivity index is 1.69. The van der Waals surface area contributed by atoms with Crippen LogP contribution < -0.4 is 20.2 Å². The van der Waals surface area contributed by atoms with Crippen LogP contribution >= 0.6 is 11.6 Å². The van der Waals surface area contributed by atoms with Crippen molar-refractivity contribution in [1.82, 2.24) is 5.43 Å². The number of aryl methyl sites for hydroxylation is 1. The van der Waals surface area contributed by atoms with Crippen LogP contribution in [0, 0.1) is 6.92 Å². The summed E-state index contributed by atoms with van der Waals surface area (Å²) in [4.78, 5) is 36.9. The second-order valence-electron chi connectivity index (χ2n) is 7.17. The number of esters is 1. The Morgan fingerprint density at radius 1 is 0.941 bits per heavy atom. The zero-order chi connectivity index (χ0) is 24.7.